The smallest absolute Gasteiger partial charge is 0.128 e. The van der Waals surface area contributed by atoms with Gasteiger partial charge in [-0.2, -0.15) is 0 Å². The zero-order chi connectivity index (χ0) is 15.4. The maximum Gasteiger partial charge on any atom is 0.128 e. The zero-order valence-electron chi connectivity index (χ0n) is 12.1. The highest BCUT2D eigenvalue weighted by Crippen LogP contribution is 2.26. The molecule has 0 aromatic heterocycles. The van der Waals surface area contributed by atoms with Crippen molar-refractivity contribution in [3.63, 3.8) is 0 Å². The average molecular weight is 293 g/mol. The fraction of sp³-hybridized carbons (Fsp3) is 0.294. The molecule has 2 aromatic carbocycles. The molecule has 0 fully saturated rings. The highest BCUT2D eigenvalue weighted by Gasteiger charge is 2.19. The third-order valence-corrected chi connectivity index (χ3v) is 3.27. The Labute approximate surface area is 122 Å². The summed E-state index contributed by atoms with van der Waals surface area (Å²) in [5, 5.41) is 3.15. The van der Waals surface area contributed by atoms with Gasteiger partial charge in [-0.25, -0.2) is 13.2 Å². The second-order valence-electron chi connectivity index (χ2n) is 5.11. The summed E-state index contributed by atoms with van der Waals surface area (Å²) in [7, 11) is 0. The van der Waals surface area contributed by atoms with Crippen molar-refractivity contribution in [2.24, 2.45) is 0 Å². The van der Waals surface area contributed by atoms with Crippen LogP contribution in [0.3, 0.4) is 0 Å². The number of halogens is 3. The van der Waals surface area contributed by atoms with E-state index in [-0.39, 0.29) is 11.4 Å². The minimum Gasteiger partial charge on any atom is -0.306 e. The van der Waals surface area contributed by atoms with Crippen molar-refractivity contribution in [3.8, 4) is 0 Å². The molecule has 0 aliphatic rings. The van der Waals surface area contributed by atoms with Gasteiger partial charge in [0.15, 0.2) is 0 Å². The molecule has 21 heavy (non-hydrogen) atoms. The minimum absolute atomic E-state index is 0.188. The van der Waals surface area contributed by atoms with Gasteiger partial charge in [0.1, 0.15) is 17.5 Å². The van der Waals surface area contributed by atoms with E-state index in [1.165, 1.54) is 12.1 Å². The highest BCUT2D eigenvalue weighted by molar-refractivity contribution is 5.35. The molecule has 4 heteroatoms. The molecule has 1 unspecified atom stereocenters. The van der Waals surface area contributed by atoms with Crippen molar-refractivity contribution >= 4 is 0 Å². The lowest BCUT2D eigenvalue weighted by Gasteiger charge is -2.21. The van der Waals surface area contributed by atoms with Gasteiger partial charge in [0, 0.05) is 5.56 Å². The van der Waals surface area contributed by atoms with E-state index >= 15 is 0 Å². The Hall–Kier alpha value is -1.81. The summed E-state index contributed by atoms with van der Waals surface area (Å²) >= 11 is 0. The number of benzene rings is 2. The SMILES string of the molecule is CCCNC(c1cc(C)cc(F)c1)c1cc(F)ccc1F. The molecule has 0 aliphatic heterocycles. The third kappa shape index (κ3) is 3.85. The van der Waals surface area contributed by atoms with Crippen LogP contribution in [0.1, 0.15) is 36.1 Å². The zero-order valence-corrected chi connectivity index (χ0v) is 12.1. The Morgan fingerprint density at radius 1 is 1.00 bits per heavy atom. The van der Waals surface area contributed by atoms with E-state index in [0.717, 1.165) is 30.2 Å². The van der Waals surface area contributed by atoms with E-state index < -0.39 is 17.7 Å². The quantitative estimate of drug-likeness (QED) is 0.855. The summed E-state index contributed by atoms with van der Waals surface area (Å²) in [6.07, 6.45) is 0.835. The summed E-state index contributed by atoms with van der Waals surface area (Å²) in [6, 6.07) is 7.29. The third-order valence-electron chi connectivity index (χ3n) is 3.27. The van der Waals surface area contributed by atoms with Gasteiger partial charge in [0.25, 0.3) is 0 Å². The molecule has 0 radical (unpaired) electrons. The molecule has 0 amide bonds. The number of aryl methyl sites for hydroxylation is 1. The number of rotatable bonds is 5. The molecule has 1 atom stereocenters. The second-order valence-corrected chi connectivity index (χ2v) is 5.11. The summed E-state index contributed by atoms with van der Waals surface area (Å²) < 4.78 is 41.1. The van der Waals surface area contributed by atoms with Gasteiger partial charge in [-0.05, 0) is 61.3 Å². The number of hydrogen-bond donors (Lipinski definition) is 1. The average Bonchev–Trinajstić information content (AvgIpc) is 2.42. The maximum absolute atomic E-state index is 14.0. The summed E-state index contributed by atoms with van der Waals surface area (Å²) in [6.45, 7) is 4.37. The van der Waals surface area contributed by atoms with Crippen LogP contribution in [0, 0.1) is 24.4 Å². The normalized spacial score (nSPS) is 12.4. The molecule has 0 bridgehead atoms. The summed E-state index contributed by atoms with van der Waals surface area (Å²) in [5.74, 6) is -1.40. The molecular formula is C17H18F3N. The van der Waals surface area contributed by atoms with Crippen LogP contribution in [0.4, 0.5) is 13.2 Å². The van der Waals surface area contributed by atoms with E-state index in [4.69, 9.17) is 0 Å². The van der Waals surface area contributed by atoms with Gasteiger partial charge >= 0.3 is 0 Å². The molecular weight excluding hydrogens is 275 g/mol. The van der Waals surface area contributed by atoms with E-state index in [2.05, 4.69) is 5.32 Å². The molecule has 0 saturated carbocycles. The second kappa shape index (κ2) is 6.76. The summed E-state index contributed by atoms with van der Waals surface area (Å²) in [4.78, 5) is 0. The standard InChI is InChI=1S/C17H18F3N/c1-3-6-21-17(12-7-11(2)8-14(19)9-12)15-10-13(18)4-5-16(15)20/h4-5,7-10,17,21H,3,6H2,1-2H3. The predicted octanol–water partition coefficient (Wildman–Crippen LogP) is 4.50. The van der Waals surface area contributed by atoms with Gasteiger partial charge in [-0.3, -0.25) is 0 Å². The number of hydrogen-bond acceptors (Lipinski definition) is 1. The topological polar surface area (TPSA) is 12.0 Å². The molecule has 1 N–H and O–H groups in total. The monoisotopic (exact) mass is 293 g/mol. The Morgan fingerprint density at radius 3 is 2.43 bits per heavy atom. The Bertz CT molecular complexity index is 605. The van der Waals surface area contributed by atoms with Crippen LogP contribution < -0.4 is 5.32 Å². The molecule has 0 spiro atoms. The first-order chi connectivity index (χ1) is 10.0. The molecule has 2 aromatic rings. The van der Waals surface area contributed by atoms with E-state index in [1.807, 2.05) is 6.92 Å². The predicted molar refractivity (Wildman–Crippen MR) is 77.6 cm³/mol. The molecule has 0 heterocycles. The molecule has 0 saturated heterocycles. The largest absolute Gasteiger partial charge is 0.306 e. The van der Waals surface area contributed by atoms with E-state index in [9.17, 15) is 13.2 Å². The summed E-state index contributed by atoms with van der Waals surface area (Å²) in [5.41, 5.74) is 1.52. The Morgan fingerprint density at radius 2 is 1.76 bits per heavy atom. The molecule has 2 rings (SSSR count). The molecule has 0 aliphatic carbocycles. The van der Waals surface area contributed by atoms with Gasteiger partial charge in [-0.1, -0.05) is 13.0 Å². The van der Waals surface area contributed by atoms with Crippen LogP contribution in [0.25, 0.3) is 0 Å². The fourth-order valence-corrected chi connectivity index (χ4v) is 2.36. The minimum atomic E-state index is -0.574. The van der Waals surface area contributed by atoms with Crippen molar-refractivity contribution in [2.75, 3.05) is 6.54 Å². The fourth-order valence-electron chi connectivity index (χ4n) is 2.36. The van der Waals surface area contributed by atoms with Crippen molar-refractivity contribution < 1.29 is 13.2 Å². The first-order valence-electron chi connectivity index (χ1n) is 6.96. The Kier molecular flexibility index (Phi) is 5.02. The van der Waals surface area contributed by atoms with Crippen molar-refractivity contribution in [1.82, 2.24) is 5.32 Å². The van der Waals surface area contributed by atoms with Gasteiger partial charge in [0.05, 0.1) is 6.04 Å². The van der Waals surface area contributed by atoms with Crippen molar-refractivity contribution in [1.29, 1.82) is 0 Å². The Balaban J connectivity index is 2.49. The maximum atomic E-state index is 14.0. The van der Waals surface area contributed by atoms with Gasteiger partial charge in [-0.15, -0.1) is 0 Å². The van der Waals surface area contributed by atoms with E-state index in [1.54, 1.807) is 13.0 Å². The lowest BCUT2D eigenvalue weighted by molar-refractivity contribution is 0.532. The lowest BCUT2D eigenvalue weighted by Crippen LogP contribution is -2.24. The van der Waals surface area contributed by atoms with Crippen LogP contribution in [0.2, 0.25) is 0 Å². The first kappa shape index (κ1) is 15.6. The van der Waals surface area contributed by atoms with Crippen molar-refractivity contribution in [2.45, 2.75) is 26.3 Å². The molecule has 112 valence electrons. The highest BCUT2D eigenvalue weighted by atomic mass is 19.1. The lowest BCUT2D eigenvalue weighted by atomic mass is 9.96. The van der Waals surface area contributed by atoms with Crippen LogP contribution in [0.5, 0.6) is 0 Å². The number of nitrogens with one attached hydrogen (secondary N) is 1. The molecule has 1 nitrogen and oxygen atoms in total. The van der Waals surface area contributed by atoms with E-state index in [0.29, 0.717) is 12.1 Å². The van der Waals surface area contributed by atoms with Crippen LogP contribution in [0.15, 0.2) is 36.4 Å². The van der Waals surface area contributed by atoms with Gasteiger partial charge < -0.3 is 5.32 Å². The van der Waals surface area contributed by atoms with Gasteiger partial charge in [0.2, 0.25) is 0 Å². The van der Waals surface area contributed by atoms with Crippen LogP contribution >= 0.6 is 0 Å². The first-order valence-corrected chi connectivity index (χ1v) is 6.96. The van der Waals surface area contributed by atoms with Crippen LogP contribution in [-0.2, 0) is 0 Å². The van der Waals surface area contributed by atoms with Crippen molar-refractivity contribution in [3.05, 3.63) is 70.5 Å². The van der Waals surface area contributed by atoms with Crippen LogP contribution in [-0.4, -0.2) is 6.54 Å².